The molecule has 12 heavy (non-hydrogen) atoms. The number of aryl methyl sites for hydroxylation is 2. The molecule has 0 bridgehead atoms. The van der Waals surface area contributed by atoms with Gasteiger partial charge in [-0.3, -0.25) is 4.98 Å². The van der Waals surface area contributed by atoms with E-state index < -0.39 is 0 Å². The standard InChI is InChI=1S/C8H10ClN.C2H6/c1-3-8-6(2)4-7(9)5-10-8;1-2/h4-5H,3H2,1-2H3;1-2H3. The first-order valence-corrected chi connectivity index (χ1v) is 4.73. The summed E-state index contributed by atoms with van der Waals surface area (Å²) in [6, 6.07) is 1.94. The minimum Gasteiger partial charge on any atom is -0.259 e. The Morgan fingerprint density at radius 3 is 2.42 bits per heavy atom. The van der Waals surface area contributed by atoms with Crippen LogP contribution in [0.5, 0.6) is 0 Å². The Morgan fingerprint density at radius 2 is 2.00 bits per heavy atom. The van der Waals surface area contributed by atoms with Crippen molar-refractivity contribution in [2.75, 3.05) is 0 Å². The molecule has 1 aromatic rings. The van der Waals surface area contributed by atoms with E-state index in [1.807, 2.05) is 26.8 Å². The molecule has 68 valence electrons. The molecular weight excluding hydrogens is 170 g/mol. The minimum atomic E-state index is 0.717. The molecule has 0 aromatic carbocycles. The van der Waals surface area contributed by atoms with Gasteiger partial charge in [0.25, 0.3) is 0 Å². The SMILES string of the molecule is CC.CCc1ncc(Cl)cc1C. The van der Waals surface area contributed by atoms with E-state index in [0.29, 0.717) is 0 Å². The summed E-state index contributed by atoms with van der Waals surface area (Å²) < 4.78 is 0. The number of hydrogen-bond acceptors (Lipinski definition) is 1. The fourth-order valence-corrected chi connectivity index (χ4v) is 1.15. The summed E-state index contributed by atoms with van der Waals surface area (Å²) in [6.07, 6.45) is 2.66. The van der Waals surface area contributed by atoms with E-state index in [-0.39, 0.29) is 0 Å². The predicted molar refractivity (Wildman–Crippen MR) is 54.7 cm³/mol. The number of hydrogen-bond donors (Lipinski definition) is 0. The van der Waals surface area contributed by atoms with Crippen LogP contribution in [0.4, 0.5) is 0 Å². The van der Waals surface area contributed by atoms with Crippen molar-refractivity contribution in [2.24, 2.45) is 0 Å². The predicted octanol–water partition coefficient (Wildman–Crippen LogP) is 3.63. The van der Waals surface area contributed by atoms with Gasteiger partial charge in [-0.25, -0.2) is 0 Å². The largest absolute Gasteiger partial charge is 0.259 e. The molecule has 0 spiro atoms. The summed E-state index contributed by atoms with van der Waals surface area (Å²) in [5, 5.41) is 0.717. The molecule has 0 N–H and O–H groups in total. The molecule has 0 fully saturated rings. The van der Waals surface area contributed by atoms with E-state index in [9.17, 15) is 0 Å². The summed E-state index contributed by atoms with van der Waals surface area (Å²) in [6.45, 7) is 8.11. The second-order valence-corrected chi connectivity index (χ2v) is 2.71. The van der Waals surface area contributed by atoms with Gasteiger partial charge >= 0.3 is 0 Å². The number of pyridine rings is 1. The van der Waals surface area contributed by atoms with E-state index in [4.69, 9.17) is 11.6 Å². The molecule has 0 unspecified atom stereocenters. The third-order valence-electron chi connectivity index (χ3n) is 1.49. The van der Waals surface area contributed by atoms with Gasteiger partial charge in [0.15, 0.2) is 0 Å². The van der Waals surface area contributed by atoms with Crippen LogP contribution in [0.2, 0.25) is 5.02 Å². The van der Waals surface area contributed by atoms with E-state index in [1.165, 1.54) is 5.56 Å². The summed E-state index contributed by atoms with van der Waals surface area (Å²) in [5.41, 5.74) is 2.31. The van der Waals surface area contributed by atoms with Gasteiger partial charge in [-0.15, -0.1) is 0 Å². The molecule has 1 aromatic heterocycles. The Balaban J connectivity index is 0.000000561. The molecule has 0 atom stereocenters. The molecule has 2 heteroatoms. The van der Waals surface area contributed by atoms with E-state index in [1.54, 1.807) is 6.20 Å². The van der Waals surface area contributed by atoms with Gasteiger partial charge in [0.1, 0.15) is 0 Å². The molecule has 0 radical (unpaired) electrons. The highest BCUT2D eigenvalue weighted by atomic mass is 35.5. The maximum atomic E-state index is 5.71. The minimum absolute atomic E-state index is 0.717. The molecule has 0 aliphatic rings. The van der Waals surface area contributed by atoms with Crippen molar-refractivity contribution in [3.63, 3.8) is 0 Å². The molecule has 1 heterocycles. The Kier molecular flexibility index (Phi) is 5.73. The monoisotopic (exact) mass is 185 g/mol. The molecule has 0 saturated carbocycles. The second kappa shape index (κ2) is 6.01. The van der Waals surface area contributed by atoms with Gasteiger partial charge in [-0.1, -0.05) is 32.4 Å². The summed E-state index contributed by atoms with van der Waals surface area (Å²) in [4.78, 5) is 4.16. The van der Waals surface area contributed by atoms with Crippen molar-refractivity contribution in [3.8, 4) is 0 Å². The van der Waals surface area contributed by atoms with E-state index in [2.05, 4.69) is 11.9 Å². The fourth-order valence-electron chi connectivity index (χ4n) is 0.939. The molecule has 1 rings (SSSR count). The van der Waals surface area contributed by atoms with Crippen LogP contribution in [-0.2, 0) is 6.42 Å². The van der Waals surface area contributed by atoms with Crippen molar-refractivity contribution >= 4 is 11.6 Å². The maximum Gasteiger partial charge on any atom is 0.0592 e. The zero-order valence-corrected chi connectivity index (χ0v) is 8.94. The lowest BCUT2D eigenvalue weighted by Crippen LogP contribution is -1.89. The summed E-state index contributed by atoms with van der Waals surface area (Å²) in [7, 11) is 0. The van der Waals surface area contributed by atoms with Crippen LogP contribution in [0.3, 0.4) is 0 Å². The zero-order valence-electron chi connectivity index (χ0n) is 8.19. The van der Waals surface area contributed by atoms with Gasteiger partial charge in [0, 0.05) is 11.9 Å². The average Bonchev–Trinajstić information content (AvgIpc) is 2.08. The Labute approximate surface area is 79.8 Å². The van der Waals surface area contributed by atoms with Crippen LogP contribution >= 0.6 is 11.6 Å². The Bertz CT molecular complexity index is 233. The van der Waals surface area contributed by atoms with Gasteiger partial charge in [0.05, 0.1) is 5.02 Å². The molecule has 0 amide bonds. The third-order valence-corrected chi connectivity index (χ3v) is 1.69. The Morgan fingerprint density at radius 1 is 1.42 bits per heavy atom. The van der Waals surface area contributed by atoms with Crippen LogP contribution in [-0.4, -0.2) is 4.98 Å². The first kappa shape index (κ1) is 11.4. The van der Waals surface area contributed by atoms with Crippen LogP contribution in [0, 0.1) is 6.92 Å². The second-order valence-electron chi connectivity index (χ2n) is 2.27. The highest BCUT2D eigenvalue weighted by Crippen LogP contribution is 2.11. The average molecular weight is 186 g/mol. The van der Waals surface area contributed by atoms with Crippen molar-refractivity contribution in [2.45, 2.75) is 34.1 Å². The summed E-state index contributed by atoms with van der Waals surface area (Å²) in [5.74, 6) is 0. The lowest BCUT2D eigenvalue weighted by Gasteiger charge is -1.99. The first-order valence-electron chi connectivity index (χ1n) is 4.35. The number of nitrogens with zero attached hydrogens (tertiary/aromatic N) is 1. The van der Waals surface area contributed by atoms with Gasteiger partial charge in [0.2, 0.25) is 0 Å². The highest BCUT2D eigenvalue weighted by molar-refractivity contribution is 6.30. The molecule has 0 aliphatic heterocycles. The van der Waals surface area contributed by atoms with Crippen molar-refractivity contribution in [1.29, 1.82) is 0 Å². The van der Waals surface area contributed by atoms with Crippen molar-refractivity contribution in [1.82, 2.24) is 4.98 Å². The third kappa shape index (κ3) is 3.22. The smallest absolute Gasteiger partial charge is 0.0592 e. The Hall–Kier alpha value is -0.560. The van der Waals surface area contributed by atoms with Crippen LogP contribution in [0.1, 0.15) is 32.0 Å². The van der Waals surface area contributed by atoms with Gasteiger partial charge in [-0.2, -0.15) is 0 Å². The first-order chi connectivity index (χ1) is 5.74. The van der Waals surface area contributed by atoms with Crippen molar-refractivity contribution < 1.29 is 0 Å². The molecule has 1 nitrogen and oxygen atoms in total. The molecular formula is C10H16ClN. The maximum absolute atomic E-state index is 5.71. The lowest BCUT2D eigenvalue weighted by molar-refractivity contribution is 1.01. The van der Waals surface area contributed by atoms with Crippen LogP contribution in [0.25, 0.3) is 0 Å². The molecule has 0 aliphatic carbocycles. The van der Waals surface area contributed by atoms with Crippen LogP contribution in [0.15, 0.2) is 12.3 Å². The zero-order chi connectivity index (χ0) is 9.56. The molecule has 0 saturated heterocycles. The number of aromatic nitrogens is 1. The van der Waals surface area contributed by atoms with Gasteiger partial charge < -0.3 is 0 Å². The number of halogens is 1. The highest BCUT2D eigenvalue weighted by Gasteiger charge is 1.96. The number of rotatable bonds is 1. The van der Waals surface area contributed by atoms with E-state index >= 15 is 0 Å². The summed E-state index contributed by atoms with van der Waals surface area (Å²) >= 11 is 5.71. The van der Waals surface area contributed by atoms with Gasteiger partial charge in [-0.05, 0) is 25.0 Å². The normalized spacial score (nSPS) is 8.75. The fraction of sp³-hybridized carbons (Fsp3) is 0.500. The van der Waals surface area contributed by atoms with Crippen LogP contribution < -0.4 is 0 Å². The van der Waals surface area contributed by atoms with E-state index in [0.717, 1.165) is 17.1 Å². The quantitative estimate of drug-likeness (QED) is 0.651. The topological polar surface area (TPSA) is 12.9 Å². The van der Waals surface area contributed by atoms with Crippen molar-refractivity contribution in [3.05, 3.63) is 28.5 Å². The lowest BCUT2D eigenvalue weighted by atomic mass is 10.2.